The van der Waals surface area contributed by atoms with Crippen LogP contribution < -0.4 is 10.2 Å². The Morgan fingerprint density at radius 2 is 1.79 bits per heavy atom. The van der Waals surface area contributed by atoms with Gasteiger partial charge < -0.3 is 19.9 Å². The van der Waals surface area contributed by atoms with E-state index >= 15 is 0 Å². The number of hydrogen-bond acceptors (Lipinski definition) is 5. The maximum Gasteiger partial charge on any atom is 0.338 e. The van der Waals surface area contributed by atoms with E-state index in [9.17, 15) is 9.59 Å². The molecule has 148 valence electrons. The molecule has 0 atom stereocenters. The number of anilines is 2. The molecule has 2 aromatic carbocycles. The van der Waals surface area contributed by atoms with Gasteiger partial charge in [0.15, 0.2) is 6.61 Å². The zero-order valence-corrected chi connectivity index (χ0v) is 18.0. The fourth-order valence-corrected chi connectivity index (χ4v) is 3.65. The second kappa shape index (κ2) is 9.88. The summed E-state index contributed by atoms with van der Waals surface area (Å²) in [5.74, 6) is -0.862. The lowest BCUT2D eigenvalue weighted by molar-refractivity contribution is -0.119. The minimum Gasteiger partial charge on any atom is -0.452 e. The first-order chi connectivity index (χ1) is 13.5. The minimum absolute atomic E-state index is 0.314. The Hall–Kier alpha value is -2.13. The lowest BCUT2D eigenvalue weighted by Crippen LogP contribution is -2.46. The van der Waals surface area contributed by atoms with E-state index in [4.69, 9.17) is 4.74 Å². The van der Waals surface area contributed by atoms with Crippen LogP contribution in [0.2, 0.25) is 0 Å². The minimum atomic E-state index is -0.504. The molecule has 1 N–H and O–H groups in total. The quantitative estimate of drug-likeness (QED) is 0.495. The smallest absolute Gasteiger partial charge is 0.338 e. The largest absolute Gasteiger partial charge is 0.452 e. The molecular weight excluding hydrogens is 469 g/mol. The number of nitrogens with one attached hydrogen (secondary N) is 1. The number of rotatable bonds is 6. The van der Waals surface area contributed by atoms with Crippen LogP contribution in [0.5, 0.6) is 0 Å². The lowest BCUT2D eigenvalue weighted by atomic mass is 10.2. The van der Waals surface area contributed by atoms with Gasteiger partial charge in [-0.1, -0.05) is 13.0 Å². The van der Waals surface area contributed by atoms with E-state index in [1.807, 2.05) is 30.3 Å². The molecule has 0 aliphatic carbocycles. The molecule has 1 amide bonds. The summed E-state index contributed by atoms with van der Waals surface area (Å²) in [4.78, 5) is 28.9. The monoisotopic (exact) mass is 493 g/mol. The number of nitrogens with zero attached hydrogens (tertiary/aromatic N) is 2. The average Bonchev–Trinajstić information content (AvgIpc) is 2.72. The van der Waals surface area contributed by atoms with Crippen LogP contribution in [0.3, 0.4) is 0 Å². The van der Waals surface area contributed by atoms with Crippen LogP contribution in [0.15, 0.2) is 48.5 Å². The van der Waals surface area contributed by atoms with Crippen molar-refractivity contribution in [1.82, 2.24) is 4.90 Å². The van der Waals surface area contributed by atoms with Crippen molar-refractivity contribution in [2.45, 2.75) is 6.92 Å². The summed E-state index contributed by atoms with van der Waals surface area (Å²) in [6, 6.07) is 14.8. The fourth-order valence-electron chi connectivity index (χ4n) is 3.10. The van der Waals surface area contributed by atoms with Crippen molar-refractivity contribution in [1.29, 1.82) is 0 Å². The highest BCUT2D eigenvalue weighted by molar-refractivity contribution is 14.1. The van der Waals surface area contributed by atoms with E-state index in [1.54, 1.807) is 18.2 Å². The number of benzene rings is 2. The summed E-state index contributed by atoms with van der Waals surface area (Å²) < 4.78 is 6.03. The molecule has 1 heterocycles. The normalized spacial score (nSPS) is 14.6. The fraction of sp³-hybridized carbons (Fsp3) is 0.333. The molecule has 7 heteroatoms. The summed E-state index contributed by atoms with van der Waals surface area (Å²) >= 11 is 2.12. The Labute approximate surface area is 179 Å². The van der Waals surface area contributed by atoms with Gasteiger partial charge in [-0.15, -0.1) is 0 Å². The topological polar surface area (TPSA) is 61.9 Å². The third-order valence-corrected chi connectivity index (χ3v) is 5.40. The Morgan fingerprint density at radius 3 is 2.43 bits per heavy atom. The van der Waals surface area contributed by atoms with Crippen molar-refractivity contribution in [3.8, 4) is 0 Å². The van der Waals surface area contributed by atoms with Crippen molar-refractivity contribution in [2.24, 2.45) is 0 Å². The number of halogens is 1. The summed E-state index contributed by atoms with van der Waals surface area (Å²) in [6.45, 7) is 7.12. The van der Waals surface area contributed by atoms with Gasteiger partial charge in [-0.2, -0.15) is 0 Å². The predicted molar refractivity (Wildman–Crippen MR) is 119 cm³/mol. The molecule has 1 aliphatic rings. The summed E-state index contributed by atoms with van der Waals surface area (Å²) in [5.41, 5.74) is 2.28. The molecule has 0 unspecified atom stereocenters. The molecule has 1 fully saturated rings. The molecule has 0 bridgehead atoms. The van der Waals surface area contributed by atoms with E-state index in [2.05, 4.69) is 44.6 Å². The first kappa shape index (κ1) is 20.6. The highest BCUT2D eigenvalue weighted by Gasteiger charge is 2.16. The van der Waals surface area contributed by atoms with E-state index in [0.717, 1.165) is 42.0 Å². The number of carbonyl (C=O) groups is 2. The molecule has 28 heavy (non-hydrogen) atoms. The van der Waals surface area contributed by atoms with Crippen LogP contribution in [0.25, 0.3) is 0 Å². The van der Waals surface area contributed by atoms with Gasteiger partial charge in [-0.05, 0) is 71.6 Å². The van der Waals surface area contributed by atoms with Crippen LogP contribution in [0.4, 0.5) is 11.4 Å². The number of carbonyl (C=O) groups excluding carboxylic acids is 2. The van der Waals surface area contributed by atoms with Gasteiger partial charge in [-0.3, -0.25) is 4.79 Å². The van der Waals surface area contributed by atoms with E-state index in [-0.39, 0.29) is 12.5 Å². The van der Waals surface area contributed by atoms with E-state index < -0.39 is 5.97 Å². The molecule has 1 saturated heterocycles. The van der Waals surface area contributed by atoms with Gasteiger partial charge >= 0.3 is 5.97 Å². The Morgan fingerprint density at radius 1 is 1.07 bits per heavy atom. The molecule has 1 aliphatic heterocycles. The van der Waals surface area contributed by atoms with Crippen molar-refractivity contribution < 1.29 is 14.3 Å². The number of hydrogen-bond donors (Lipinski definition) is 1. The first-order valence-corrected chi connectivity index (χ1v) is 10.4. The molecule has 0 spiro atoms. The molecule has 0 aromatic heterocycles. The van der Waals surface area contributed by atoms with Gasteiger partial charge in [0.1, 0.15) is 0 Å². The predicted octanol–water partition coefficient (Wildman–Crippen LogP) is 3.23. The van der Waals surface area contributed by atoms with Gasteiger partial charge in [-0.25, -0.2) is 4.79 Å². The number of amides is 1. The van der Waals surface area contributed by atoms with Gasteiger partial charge in [0.2, 0.25) is 0 Å². The molecule has 2 aromatic rings. The lowest BCUT2D eigenvalue weighted by Gasteiger charge is -2.35. The Bertz CT molecular complexity index is 818. The van der Waals surface area contributed by atoms with Gasteiger partial charge in [0.25, 0.3) is 5.91 Å². The molecular formula is C21H24IN3O3. The van der Waals surface area contributed by atoms with Crippen LogP contribution in [0.1, 0.15) is 17.3 Å². The van der Waals surface area contributed by atoms with Crippen LogP contribution >= 0.6 is 22.6 Å². The summed E-state index contributed by atoms with van der Waals surface area (Å²) in [6.07, 6.45) is 0. The van der Waals surface area contributed by atoms with Crippen LogP contribution in [-0.4, -0.2) is 56.1 Å². The van der Waals surface area contributed by atoms with Gasteiger partial charge in [0, 0.05) is 41.1 Å². The number of likely N-dealkylation sites (N-methyl/N-ethyl adjacent to an activating group) is 1. The molecule has 6 nitrogen and oxygen atoms in total. The highest BCUT2D eigenvalue weighted by atomic mass is 127. The average molecular weight is 493 g/mol. The second-order valence-electron chi connectivity index (χ2n) is 6.60. The zero-order valence-electron chi connectivity index (χ0n) is 15.9. The number of esters is 1. The van der Waals surface area contributed by atoms with E-state index in [0.29, 0.717) is 11.3 Å². The first-order valence-electron chi connectivity index (χ1n) is 9.35. The third-order valence-electron chi connectivity index (χ3n) is 4.73. The third kappa shape index (κ3) is 5.68. The SMILES string of the molecule is CCN1CCN(c2ccc(NC(=O)COC(=O)c3cccc(I)c3)cc2)CC1. The van der Waals surface area contributed by atoms with Crippen LogP contribution in [0, 0.1) is 3.57 Å². The van der Waals surface area contributed by atoms with E-state index in [1.165, 1.54) is 0 Å². The maximum atomic E-state index is 12.1. The van der Waals surface area contributed by atoms with Crippen molar-refractivity contribution in [3.05, 3.63) is 57.7 Å². The van der Waals surface area contributed by atoms with Crippen molar-refractivity contribution >= 4 is 45.8 Å². The van der Waals surface area contributed by atoms with Crippen molar-refractivity contribution in [2.75, 3.05) is 49.5 Å². The Kier molecular flexibility index (Phi) is 7.27. The number of piperazine rings is 1. The highest BCUT2D eigenvalue weighted by Crippen LogP contribution is 2.19. The second-order valence-corrected chi connectivity index (χ2v) is 7.85. The molecule has 0 saturated carbocycles. The maximum absolute atomic E-state index is 12.1. The molecule has 0 radical (unpaired) electrons. The zero-order chi connectivity index (χ0) is 19.9. The van der Waals surface area contributed by atoms with Crippen LogP contribution in [-0.2, 0) is 9.53 Å². The molecule has 3 rings (SSSR count). The van der Waals surface area contributed by atoms with Gasteiger partial charge in [0.05, 0.1) is 5.56 Å². The summed E-state index contributed by atoms with van der Waals surface area (Å²) in [5, 5.41) is 2.76. The summed E-state index contributed by atoms with van der Waals surface area (Å²) in [7, 11) is 0. The number of ether oxygens (including phenoxy) is 1. The Balaban J connectivity index is 1.47. The standard InChI is InChI=1S/C21H24IN3O3/c1-2-24-10-12-25(13-11-24)19-8-6-18(7-9-19)23-20(26)15-28-21(27)16-4-3-5-17(22)14-16/h3-9,14H,2,10-13,15H2,1H3,(H,23,26). The van der Waals surface area contributed by atoms with Crippen molar-refractivity contribution in [3.63, 3.8) is 0 Å².